The molecule has 1 heterocycles. The van der Waals surface area contributed by atoms with Crippen LogP contribution in [0, 0.1) is 0 Å². The zero-order valence-corrected chi connectivity index (χ0v) is 12.2. The number of pyridine rings is 1. The largest absolute Gasteiger partial charge is 0.497 e. The fourth-order valence-corrected chi connectivity index (χ4v) is 1.87. The molecule has 0 N–H and O–H groups in total. The van der Waals surface area contributed by atoms with Gasteiger partial charge in [-0.3, -0.25) is 4.79 Å². The van der Waals surface area contributed by atoms with Crippen LogP contribution in [0.4, 0.5) is 0 Å². The van der Waals surface area contributed by atoms with Crippen LogP contribution in [0.2, 0.25) is 0 Å². The quantitative estimate of drug-likeness (QED) is 0.602. The fourth-order valence-electron chi connectivity index (χ4n) is 1.87. The average molecular weight is 301 g/mol. The predicted octanol–water partition coefficient (Wildman–Crippen LogP) is 2.27. The van der Waals surface area contributed by atoms with Crippen LogP contribution in [-0.4, -0.2) is 31.5 Å². The van der Waals surface area contributed by atoms with Gasteiger partial charge in [0.15, 0.2) is 12.0 Å². The van der Waals surface area contributed by atoms with Crippen molar-refractivity contribution in [3.05, 3.63) is 53.3 Å². The highest BCUT2D eigenvalue weighted by Gasteiger charge is 2.14. The van der Waals surface area contributed by atoms with Crippen LogP contribution in [-0.2, 0) is 11.3 Å². The first kappa shape index (κ1) is 15.5. The number of methoxy groups -OCH3 is 2. The van der Waals surface area contributed by atoms with Gasteiger partial charge in [0.05, 0.1) is 19.8 Å². The minimum atomic E-state index is -0.537. The molecule has 0 aliphatic heterocycles. The third-order valence-electron chi connectivity index (χ3n) is 3.00. The van der Waals surface area contributed by atoms with Crippen LogP contribution in [0.25, 0.3) is 0 Å². The van der Waals surface area contributed by atoms with Gasteiger partial charge in [0, 0.05) is 11.8 Å². The molecule has 0 aliphatic rings. The van der Waals surface area contributed by atoms with E-state index in [1.165, 1.54) is 20.4 Å². The molecule has 0 spiro atoms. The predicted molar refractivity (Wildman–Crippen MR) is 78.3 cm³/mol. The van der Waals surface area contributed by atoms with Crippen LogP contribution in [0.3, 0.4) is 0 Å². The molecule has 0 saturated heterocycles. The number of aromatic nitrogens is 1. The zero-order chi connectivity index (χ0) is 15.9. The molecule has 1 aromatic carbocycles. The zero-order valence-electron chi connectivity index (χ0n) is 12.2. The molecule has 0 radical (unpaired) electrons. The Hall–Kier alpha value is -2.89. The van der Waals surface area contributed by atoms with E-state index in [1.54, 1.807) is 30.3 Å². The second kappa shape index (κ2) is 7.21. The summed E-state index contributed by atoms with van der Waals surface area (Å²) in [5.41, 5.74) is 1.12. The maximum atomic E-state index is 11.6. The second-order valence-corrected chi connectivity index (χ2v) is 4.31. The van der Waals surface area contributed by atoms with Gasteiger partial charge in [0.25, 0.3) is 0 Å². The van der Waals surface area contributed by atoms with Crippen molar-refractivity contribution in [1.29, 1.82) is 0 Å². The third-order valence-corrected chi connectivity index (χ3v) is 3.00. The summed E-state index contributed by atoms with van der Waals surface area (Å²) < 4.78 is 15.3. The molecule has 0 fully saturated rings. The van der Waals surface area contributed by atoms with Gasteiger partial charge < -0.3 is 14.2 Å². The lowest BCUT2D eigenvalue weighted by atomic mass is 10.2. The van der Waals surface area contributed by atoms with Crippen molar-refractivity contribution < 1.29 is 23.8 Å². The standard InChI is InChI=1S/C16H15NO5/c1-20-13-5-6-14(12(8-13)9-18)22-10-11-4-3-7-17-15(11)16(19)21-2/h3-9H,10H2,1-2H3. The highest BCUT2D eigenvalue weighted by molar-refractivity contribution is 5.88. The number of nitrogens with zero attached hydrogens (tertiary/aromatic N) is 1. The number of ether oxygens (including phenoxy) is 3. The SMILES string of the molecule is COC(=O)c1ncccc1COc1ccc(OC)cc1C=O. The Balaban J connectivity index is 2.20. The van der Waals surface area contributed by atoms with E-state index < -0.39 is 5.97 Å². The molecular weight excluding hydrogens is 286 g/mol. The molecule has 0 aliphatic carbocycles. The molecule has 6 heteroatoms. The van der Waals surface area contributed by atoms with Gasteiger partial charge in [-0.05, 0) is 24.3 Å². The second-order valence-electron chi connectivity index (χ2n) is 4.31. The molecule has 0 saturated carbocycles. The summed E-state index contributed by atoms with van der Waals surface area (Å²) in [4.78, 5) is 26.7. The van der Waals surface area contributed by atoms with E-state index >= 15 is 0 Å². The summed E-state index contributed by atoms with van der Waals surface area (Å²) in [5.74, 6) is 0.422. The fraction of sp³-hybridized carbons (Fsp3) is 0.188. The van der Waals surface area contributed by atoms with Crippen molar-refractivity contribution in [2.45, 2.75) is 6.61 Å². The Morgan fingerprint density at radius 3 is 2.77 bits per heavy atom. The van der Waals surface area contributed by atoms with Gasteiger partial charge in [-0.15, -0.1) is 0 Å². The monoisotopic (exact) mass is 301 g/mol. The Labute approximate surface area is 127 Å². The van der Waals surface area contributed by atoms with E-state index in [0.29, 0.717) is 28.9 Å². The molecular formula is C16H15NO5. The van der Waals surface area contributed by atoms with E-state index in [2.05, 4.69) is 9.72 Å². The number of hydrogen-bond donors (Lipinski definition) is 0. The summed E-state index contributed by atoms with van der Waals surface area (Å²) >= 11 is 0. The van der Waals surface area contributed by atoms with E-state index in [1.807, 2.05) is 0 Å². The molecule has 22 heavy (non-hydrogen) atoms. The number of esters is 1. The Morgan fingerprint density at radius 1 is 1.27 bits per heavy atom. The van der Waals surface area contributed by atoms with Gasteiger partial charge in [0.2, 0.25) is 0 Å². The smallest absolute Gasteiger partial charge is 0.357 e. The average Bonchev–Trinajstić information content (AvgIpc) is 2.59. The van der Waals surface area contributed by atoms with Crippen molar-refractivity contribution in [1.82, 2.24) is 4.98 Å². The van der Waals surface area contributed by atoms with E-state index in [9.17, 15) is 9.59 Å². The first-order valence-corrected chi connectivity index (χ1v) is 6.47. The maximum Gasteiger partial charge on any atom is 0.357 e. The minimum Gasteiger partial charge on any atom is -0.497 e. The first-order valence-electron chi connectivity index (χ1n) is 6.47. The van der Waals surface area contributed by atoms with Gasteiger partial charge in [-0.25, -0.2) is 9.78 Å². The Morgan fingerprint density at radius 2 is 2.09 bits per heavy atom. The Bertz CT molecular complexity index is 684. The summed E-state index contributed by atoms with van der Waals surface area (Å²) in [6.07, 6.45) is 2.18. The number of rotatable bonds is 6. The maximum absolute atomic E-state index is 11.6. The molecule has 0 amide bonds. The summed E-state index contributed by atoms with van der Waals surface area (Å²) in [6.45, 7) is 0.0887. The molecule has 6 nitrogen and oxygen atoms in total. The number of carbonyl (C=O) groups is 2. The lowest BCUT2D eigenvalue weighted by Gasteiger charge is -2.11. The van der Waals surface area contributed by atoms with Crippen molar-refractivity contribution in [3.8, 4) is 11.5 Å². The van der Waals surface area contributed by atoms with E-state index in [0.717, 1.165) is 0 Å². The molecule has 114 valence electrons. The van der Waals surface area contributed by atoms with Crippen molar-refractivity contribution in [3.63, 3.8) is 0 Å². The summed E-state index contributed by atoms with van der Waals surface area (Å²) in [5, 5.41) is 0. The molecule has 1 aromatic heterocycles. The molecule has 0 bridgehead atoms. The summed E-state index contributed by atoms with van der Waals surface area (Å²) in [6, 6.07) is 8.31. The van der Waals surface area contributed by atoms with Crippen LogP contribution >= 0.6 is 0 Å². The highest BCUT2D eigenvalue weighted by atomic mass is 16.5. The van der Waals surface area contributed by atoms with Crippen molar-refractivity contribution in [2.75, 3.05) is 14.2 Å². The molecule has 0 atom stereocenters. The number of aldehydes is 1. The Kier molecular flexibility index (Phi) is 5.08. The van der Waals surface area contributed by atoms with Gasteiger partial charge >= 0.3 is 5.97 Å². The van der Waals surface area contributed by atoms with Gasteiger partial charge in [0.1, 0.15) is 18.1 Å². The van der Waals surface area contributed by atoms with Crippen LogP contribution in [0.15, 0.2) is 36.5 Å². The van der Waals surface area contributed by atoms with Crippen LogP contribution < -0.4 is 9.47 Å². The van der Waals surface area contributed by atoms with Crippen molar-refractivity contribution >= 4 is 12.3 Å². The molecule has 2 rings (SSSR count). The first-order chi connectivity index (χ1) is 10.7. The van der Waals surface area contributed by atoms with E-state index in [4.69, 9.17) is 9.47 Å². The van der Waals surface area contributed by atoms with E-state index in [-0.39, 0.29) is 12.3 Å². The number of benzene rings is 1. The van der Waals surface area contributed by atoms with Gasteiger partial charge in [-0.2, -0.15) is 0 Å². The number of carbonyl (C=O) groups excluding carboxylic acids is 2. The normalized spacial score (nSPS) is 9.91. The third kappa shape index (κ3) is 3.41. The molecule has 2 aromatic rings. The number of hydrogen-bond acceptors (Lipinski definition) is 6. The van der Waals surface area contributed by atoms with Crippen LogP contribution in [0.1, 0.15) is 26.4 Å². The van der Waals surface area contributed by atoms with Gasteiger partial charge in [-0.1, -0.05) is 6.07 Å². The molecule has 0 unspecified atom stereocenters. The highest BCUT2D eigenvalue weighted by Crippen LogP contribution is 2.24. The minimum absolute atomic E-state index is 0.0887. The van der Waals surface area contributed by atoms with Crippen LogP contribution in [0.5, 0.6) is 11.5 Å². The lowest BCUT2D eigenvalue weighted by Crippen LogP contribution is -2.10. The summed E-state index contributed by atoms with van der Waals surface area (Å²) in [7, 11) is 2.80. The topological polar surface area (TPSA) is 74.7 Å². The lowest BCUT2D eigenvalue weighted by molar-refractivity contribution is 0.0590. The van der Waals surface area contributed by atoms with Crippen molar-refractivity contribution in [2.24, 2.45) is 0 Å².